The molecule has 0 atom stereocenters. The average Bonchev–Trinajstić information content (AvgIpc) is 2.82. The van der Waals surface area contributed by atoms with Gasteiger partial charge < -0.3 is 0 Å². The number of thiophene rings is 1. The van der Waals surface area contributed by atoms with Crippen LogP contribution in [0.15, 0.2) is 64.5 Å². The summed E-state index contributed by atoms with van der Waals surface area (Å²) in [6, 6.07) is 13.7. The SMILES string of the molecule is O=C(C=CC=Cc1ccccc1)c1ccc(Br)s1. The number of carbonyl (C=O) groups is 1. The normalized spacial score (nSPS) is 11.4. The maximum absolute atomic E-state index is 11.7. The third-order valence-electron chi connectivity index (χ3n) is 2.26. The van der Waals surface area contributed by atoms with Crippen molar-refractivity contribution in [3.8, 4) is 0 Å². The second-order valence-corrected chi connectivity index (χ2v) is 6.06. The van der Waals surface area contributed by atoms with E-state index in [1.165, 1.54) is 11.3 Å². The van der Waals surface area contributed by atoms with Crippen LogP contribution in [-0.2, 0) is 0 Å². The van der Waals surface area contributed by atoms with Crippen LogP contribution in [0.25, 0.3) is 6.08 Å². The summed E-state index contributed by atoms with van der Waals surface area (Å²) < 4.78 is 0.971. The Morgan fingerprint density at radius 1 is 1.06 bits per heavy atom. The van der Waals surface area contributed by atoms with Crippen LogP contribution in [0.5, 0.6) is 0 Å². The van der Waals surface area contributed by atoms with E-state index in [1.54, 1.807) is 12.2 Å². The number of hydrogen-bond donors (Lipinski definition) is 0. The van der Waals surface area contributed by atoms with Gasteiger partial charge in [-0.25, -0.2) is 0 Å². The quantitative estimate of drug-likeness (QED) is 0.442. The molecule has 1 aromatic heterocycles. The fourth-order valence-electron chi connectivity index (χ4n) is 1.40. The number of rotatable bonds is 4. The molecule has 18 heavy (non-hydrogen) atoms. The second kappa shape index (κ2) is 6.47. The summed E-state index contributed by atoms with van der Waals surface area (Å²) in [4.78, 5) is 12.5. The van der Waals surface area contributed by atoms with Gasteiger partial charge in [-0.2, -0.15) is 0 Å². The summed E-state index contributed by atoms with van der Waals surface area (Å²) in [6.07, 6.45) is 7.19. The highest BCUT2D eigenvalue weighted by Gasteiger charge is 2.03. The minimum Gasteiger partial charge on any atom is -0.288 e. The van der Waals surface area contributed by atoms with Gasteiger partial charge in [0.25, 0.3) is 0 Å². The van der Waals surface area contributed by atoms with Crippen molar-refractivity contribution in [3.63, 3.8) is 0 Å². The van der Waals surface area contributed by atoms with Gasteiger partial charge in [-0.1, -0.05) is 48.6 Å². The van der Waals surface area contributed by atoms with Crippen LogP contribution in [0.2, 0.25) is 0 Å². The molecule has 90 valence electrons. The van der Waals surface area contributed by atoms with E-state index in [1.807, 2.05) is 54.6 Å². The molecule has 0 bridgehead atoms. The van der Waals surface area contributed by atoms with Crippen molar-refractivity contribution >= 4 is 39.1 Å². The van der Waals surface area contributed by atoms with Gasteiger partial charge in [-0.15, -0.1) is 11.3 Å². The third-order valence-corrected chi connectivity index (χ3v) is 3.90. The van der Waals surface area contributed by atoms with Gasteiger partial charge in [0.2, 0.25) is 0 Å². The highest BCUT2D eigenvalue weighted by molar-refractivity contribution is 9.11. The summed E-state index contributed by atoms with van der Waals surface area (Å²) in [5.41, 5.74) is 1.12. The van der Waals surface area contributed by atoms with Crippen LogP contribution in [0.1, 0.15) is 15.2 Å². The van der Waals surface area contributed by atoms with Crippen molar-refractivity contribution in [2.45, 2.75) is 0 Å². The molecule has 0 saturated carbocycles. The van der Waals surface area contributed by atoms with Crippen LogP contribution in [0.3, 0.4) is 0 Å². The molecule has 0 aliphatic rings. The molecular formula is C15H11BrOS. The minimum atomic E-state index is 0.0309. The van der Waals surface area contributed by atoms with E-state index in [0.717, 1.165) is 14.2 Å². The van der Waals surface area contributed by atoms with Gasteiger partial charge in [0.05, 0.1) is 8.66 Å². The lowest BCUT2D eigenvalue weighted by molar-refractivity contribution is 0.105. The van der Waals surface area contributed by atoms with E-state index in [-0.39, 0.29) is 5.78 Å². The molecule has 0 aliphatic carbocycles. The topological polar surface area (TPSA) is 17.1 Å². The molecule has 1 aromatic carbocycles. The lowest BCUT2D eigenvalue weighted by atomic mass is 10.2. The summed E-state index contributed by atoms with van der Waals surface area (Å²) in [5.74, 6) is 0.0309. The number of hydrogen-bond acceptors (Lipinski definition) is 2. The monoisotopic (exact) mass is 318 g/mol. The van der Waals surface area contributed by atoms with Crippen LogP contribution >= 0.6 is 27.3 Å². The number of benzene rings is 1. The number of allylic oxidation sites excluding steroid dienone is 3. The van der Waals surface area contributed by atoms with Crippen LogP contribution in [0, 0.1) is 0 Å². The molecule has 0 spiro atoms. The van der Waals surface area contributed by atoms with Gasteiger partial charge in [0.1, 0.15) is 0 Å². The summed E-state index contributed by atoms with van der Waals surface area (Å²) in [7, 11) is 0. The zero-order valence-corrected chi connectivity index (χ0v) is 11.9. The van der Waals surface area contributed by atoms with Gasteiger partial charge in [-0.3, -0.25) is 4.79 Å². The number of carbonyl (C=O) groups excluding carboxylic acids is 1. The fraction of sp³-hybridized carbons (Fsp3) is 0. The molecule has 2 aromatic rings. The molecule has 0 radical (unpaired) electrons. The van der Waals surface area contributed by atoms with Crippen molar-refractivity contribution < 1.29 is 4.79 Å². The Bertz CT molecular complexity index is 582. The molecular weight excluding hydrogens is 308 g/mol. The van der Waals surface area contributed by atoms with Gasteiger partial charge in [0.15, 0.2) is 5.78 Å². The van der Waals surface area contributed by atoms with Crippen LogP contribution < -0.4 is 0 Å². The smallest absolute Gasteiger partial charge is 0.195 e. The van der Waals surface area contributed by atoms with E-state index in [4.69, 9.17) is 0 Å². The lowest BCUT2D eigenvalue weighted by Crippen LogP contribution is -1.87. The molecule has 0 N–H and O–H groups in total. The summed E-state index contributed by atoms with van der Waals surface area (Å²) in [6.45, 7) is 0. The van der Waals surface area contributed by atoms with E-state index < -0.39 is 0 Å². The van der Waals surface area contributed by atoms with Crippen molar-refractivity contribution in [1.29, 1.82) is 0 Å². The van der Waals surface area contributed by atoms with Crippen LogP contribution in [-0.4, -0.2) is 5.78 Å². The Kier molecular flexibility index (Phi) is 4.67. The number of halogens is 1. The van der Waals surface area contributed by atoms with E-state index in [0.29, 0.717) is 0 Å². The standard InChI is InChI=1S/C15H11BrOS/c16-15-11-10-14(18-15)13(17)9-5-4-8-12-6-2-1-3-7-12/h1-11H. The first-order valence-corrected chi connectivity index (χ1v) is 7.06. The van der Waals surface area contributed by atoms with E-state index in [2.05, 4.69) is 15.9 Å². The second-order valence-electron chi connectivity index (χ2n) is 3.60. The minimum absolute atomic E-state index is 0.0309. The first-order chi connectivity index (χ1) is 8.75. The fourth-order valence-corrected chi connectivity index (χ4v) is 2.71. The van der Waals surface area contributed by atoms with Gasteiger partial charge in [0, 0.05) is 0 Å². The average molecular weight is 319 g/mol. The predicted molar refractivity (Wildman–Crippen MR) is 81.0 cm³/mol. The maximum atomic E-state index is 11.7. The predicted octanol–water partition coefficient (Wildman–Crippen LogP) is 4.96. The molecule has 3 heteroatoms. The molecule has 1 heterocycles. The first kappa shape index (κ1) is 13.0. The summed E-state index contributed by atoms with van der Waals surface area (Å²) in [5, 5.41) is 0. The lowest BCUT2D eigenvalue weighted by Gasteiger charge is -1.89. The zero-order valence-electron chi connectivity index (χ0n) is 9.55. The Hall–Kier alpha value is -1.45. The zero-order chi connectivity index (χ0) is 12.8. The van der Waals surface area contributed by atoms with Crippen molar-refractivity contribution in [2.24, 2.45) is 0 Å². The molecule has 0 saturated heterocycles. The Balaban J connectivity index is 1.96. The van der Waals surface area contributed by atoms with Crippen molar-refractivity contribution in [1.82, 2.24) is 0 Å². The highest BCUT2D eigenvalue weighted by Crippen LogP contribution is 2.22. The molecule has 2 rings (SSSR count). The third kappa shape index (κ3) is 3.79. The maximum Gasteiger partial charge on any atom is 0.195 e. The van der Waals surface area contributed by atoms with Gasteiger partial charge >= 0.3 is 0 Å². The largest absolute Gasteiger partial charge is 0.288 e. The number of ketones is 1. The first-order valence-electron chi connectivity index (χ1n) is 5.45. The highest BCUT2D eigenvalue weighted by atomic mass is 79.9. The van der Waals surface area contributed by atoms with Crippen LogP contribution in [0.4, 0.5) is 0 Å². The Morgan fingerprint density at radius 3 is 2.50 bits per heavy atom. The molecule has 0 amide bonds. The molecule has 0 fully saturated rings. The van der Waals surface area contributed by atoms with Gasteiger partial charge in [-0.05, 0) is 39.7 Å². The van der Waals surface area contributed by atoms with E-state index in [9.17, 15) is 4.79 Å². The molecule has 0 unspecified atom stereocenters. The Labute approximate surface area is 119 Å². The molecule has 1 nitrogen and oxygen atoms in total. The molecule has 0 aliphatic heterocycles. The Morgan fingerprint density at radius 2 is 1.83 bits per heavy atom. The van der Waals surface area contributed by atoms with Crippen molar-refractivity contribution in [2.75, 3.05) is 0 Å². The summed E-state index contributed by atoms with van der Waals surface area (Å²) >= 11 is 4.78. The van der Waals surface area contributed by atoms with Crippen molar-refractivity contribution in [3.05, 3.63) is 74.9 Å². The van der Waals surface area contributed by atoms with E-state index >= 15 is 0 Å².